The third kappa shape index (κ3) is 2.22. The minimum Gasteiger partial charge on any atom is -0.228 e. The Morgan fingerprint density at radius 3 is 2.79 bits per heavy atom. The molecule has 0 atom stereocenters. The van der Waals surface area contributed by atoms with Crippen LogP contribution in [0.4, 0.5) is 0 Å². The fraction of sp³-hybridized carbons (Fsp3) is 0.500. The zero-order valence-electron chi connectivity index (χ0n) is 7.35. The maximum Gasteiger partial charge on any atom is 0.222 e. The van der Waals surface area contributed by atoms with Gasteiger partial charge in [-0.15, -0.1) is 0 Å². The summed E-state index contributed by atoms with van der Waals surface area (Å²) in [7, 11) is -3.01. The number of hydrogen-bond acceptors (Lipinski definition) is 4. The molecule has 1 aromatic rings. The highest BCUT2D eigenvalue weighted by Gasteiger charge is 2.35. The van der Waals surface area contributed by atoms with Crippen molar-refractivity contribution in [2.45, 2.75) is 23.8 Å². The van der Waals surface area contributed by atoms with E-state index in [1.807, 2.05) is 0 Å². The zero-order valence-corrected chi connectivity index (χ0v) is 8.92. The van der Waals surface area contributed by atoms with E-state index in [0.717, 1.165) is 12.8 Å². The first-order valence-electron chi connectivity index (χ1n) is 4.27. The summed E-state index contributed by atoms with van der Waals surface area (Å²) in [6.45, 7) is 0. The van der Waals surface area contributed by atoms with Crippen LogP contribution >= 0.6 is 11.6 Å². The molecule has 2 rings (SSSR count). The van der Waals surface area contributed by atoms with Gasteiger partial charge in [0.05, 0.1) is 16.7 Å². The molecule has 0 unspecified atom stereocenters. The van der Waals surface area contributed by atoms with Crippen LogP contribution in [0.15, 0.2) is 12.3 Å². The lowest BCUT2D eigenvalue weighted by atomic mass is 10.5. The standard InChI is InChI=1S/C8H9ClN2O2S/c9-8-10-4-3-6(11-8)5-14(12,13)7-1-2-7/h3-4,7H,1-2,5H2. The molecule has 0 aliphatic heterocycles. The van der Waals surface area contributed by atoms with Crippen molar-refractivity contribution < 1.29 is 8.42 Å². The van der Waals surface area contributed by atoms with Gasteiger partial charge in [-0.2, -0.15) is 0 Å². The Labute approximate surface area is 87.3 Å². The number of rotatable bonds is 3. The van der Waals surface area contributed by atoms with Crippen molar-refractivity contribution in [2.24, 2.45) is 0 Å². The van der Waals surface area contributed by atoms with Crippen molar-refractivity contribution in [3.8, 4) is 0 Å². The second-order valence-corrected chi connectivity index (χ2v) is 5.94. The minimum absolute atomic E-state index is 0.0279. The summed E-state index contributed by atoms with van der Waals surface area (Å²) < 4.78 is 23.1. The summed E-state index contributed by atoms with van der Waals surface area (Å²) in [5.74, 6) is -0.0279. The summed E-state index contributed by atoms with van der Waals surface area (Å²) in [4.78, 5) is 7.53. The molecule has 0 spiro atoms. The molecular formula is C8H9ClN2O2S. The van der Waals surface area contributed by atoms with E-state index in [1.165, 1.54) is 6.20 Å². The summed E-state index contributed by atoms with van der Waals surface area (Å²) >= 11 is 5.55. The van der Waals surface area contributed by atoms with Gasteiger partial charge in [0, 0.05) is 6.20 Å². The van der Waals surface area contributed by atoms with Crippen LogP contribution in [0.1, 0.15) is 18.5 Å². The van der Waals surface area contributed by atoms with E-state index in [0.29, 0.717) is 5.69 Å². The van der Waals surface area contributed by atoms with Crippen molar-refractivity contribution in [2.75, 3.05) is 0 Å². The van der Waals surface area contributed by atoms with Crippen molar-refractivity contribution in [3.63, 3.8) is 0 Å². The molecule has 0 aromatic carbocycles. The Hall–Kier alpha value is -0.680. The largest absolute Gasteiger partial charge is 0.228 e. The van der Waals surface area contributed by atoms with Crippen molar-refractivity contribution in [3.05, 3.63) is 23.2 Å². The second kappa shape index (κ2) is 3.47. The van der Waals surface area contributed by atoms with Gasteiger partial charge in [0.15, 0.2) is 9.84 Å². The van der Waals surface area contributed by atoms with Crippen LogP contribution in [0.3, 0.4) is 0 Å². The Morgan fingerprint density at radius 1 is 1.50 bits per heavy atom. The number of sulfone groups is 1. The Balaban J connectivity index is 2.18. The smallest absolute Gasteiger partial charge is 0.222 e. The third-order valence-electron chi connectivity index (χ3n) is 2.07. The van der Waals surface area contributed by atoms with Gasteiger partial charge < -0.3 is 0 Å². The van der Waals surface area contributed by atoms with Crippen LogP contribution < -0.4 is 0 Å². The average molecular weight is 233 g/mol. The highest BCUT2D eigenvalue weighted by atomic mass is 35.5. The molecule has 0 N–H and O–H groups in total. The fourth-order valence-corrected chi connectivity index (χ4v) is 3.03. The van der Waals surface area contributed by atoms with Crippen LogP contribution in [0.25, 0.3) is 0 Å². The fourth-order valence-electron chi connectivity index (χ4n) is 1.20. The predicted octanol–water partition coefficient (Wildman–Crippen LogP) is 1.21. The third-order valence-corrected chi connectivity index (χ3v) is 4.43. The average Bonchev–Trinajstić information content (AvgIpc) is 2.84. The van der Waals surface area contributed by atoms with E-state index in [9.17, 15) is 8.42 Å². The van der Waals surface area contributed by atoms with Gasteiger partial charge in [-0.1, -0.05) is 0 Å². The molecule has 4 nitrogen and oxygen atoms in total. The van der Waals surface area contributed by atoms with Gasteiger partial charge in [0.25, 0.3) is 0 Å². The first-order valence-corrected chi connectivity index (χ1v) is 6.36. The Kier molecular flexibility index (Phi) is 2.45. The molecule has 0 bridgehead atoms. The van der Waals surface area contributed by atoms with Gasteiger partial charge in [-0.3, -0.25) is 0 Å². The number of halogens is 1. The first-order chi connectivity index (χ1) is 6.58. The second-order valence-electron chi connectivity index (χ2n) is 3.32. The van der Waals surface area contributed by atoms with E-state index in [-0.39, 0.29) is 16.3 Å². The van der Waals surface area contributed by atoms with E-state index in [4.69, 9.17) is 11.6 Å². The molecule has 0 amide bonds. The monoisotopic (exact) mass is 232 g/mol. The van der Waals surface area contributed by atoms with E-state index >= 15 is 0 Å². The molecule has 14 heavy (non-hydrogen) atoms. The number of aromatic nitrogens is 2. The van der Waals surface area contributed by atoms with Crippen LogP contribution in [0.2, 0.25) is 5.28 Å². The maximum atomic E-state index is 11.6. The number of nitrogens with zero attached hydrogens (tertiary/aromatic N) is 2. The molecule has 1 aromatic heterocycles. The summed E-state index contributed by atoms with van der Waals surface area (Å²) in [6.07, 6.45) is 3.02. The quantitative estimate of drug-likeness (QED) is 0.735. The van der Waals surface area contributed by atoms with E-state index in [2.05, 4.69) is 9.97 Å². The van der Waals surface area contributed by atoms with E-state index < -0.39 is 9.84 Å². The Bertz CT molecular complexity index is 442. The molecule has 1 aliphatic carbocycles. The molecule has 0 radical (unpaired) electrons. The number of hydrogen-bond donors (Lipinski definition) is 0. The molecular weight excluding hydrogens is 224 g/mol. The lowest BCUT2D eigenvalue weighted by Gasteiger charge is -2.01. The maximum absolute atomic E-state index is 11.6. The first kappa shape index (κ1) is 9.86. The van der Waals surface area contributed by atoms with E-state index in [1.54, 1.807) is 6.07 Å². The van der Waals surface area contributed by atoms with Crippen LogP contribution in [-0.4, -0.2) is 23.6 Å². The Morgan fingerprint density at radius 2 is 2.21 bits per heavy atom. The molecule has 1 heterocycles. The molecule has 76 valence electrons. The minimum atomic E-state index is -3.01. The van der Waals surface area contributed by atoms with Gasteiger partial charge in [0.2, 0.25) is 5.28 Å². The zero-order chi connectivity index (χ0) is 10.2. The van der Waals surface area contributed by atoms with Gasteiger partial charge >= 0.3 is 0 Å². The molecule has 0 saturated heterocycles. The predicted molar refractivity (Wildman–Crippen MR) is 52.7 cm³/mol. The highest BCUT2D eigenvalue weighted by molar-refractivity contribution is 7.91. The lowest BCUT2D eigenvalue weighted by molar-refractivity contribution is 0.593. The molecule has 1 aliphatic rings. The molecule has 1 saturated carbocycles. The van der Waals surface area contributed by atoms with Gasteiger partial charge in [0.1, 0.15) is 0 Å². The summed E-state index contributed by atoms with van der Waals surface area (Å²) in [6, 6.07) is 1.58. The van der Waals surface area contributed by atoms with Crippen LogP contribution in [0, 0.1) is 0 Å². The SMILES string of the molecule is O=S(=O)(Cc1ccnc(Cl)n1)C1CC1. The van der Waals surface area contributed by atoms with Crippen molar-refractivity contribution in [1.29, 1.82) is 0 Å². The topological polar surface area (TPSA) is 59.9 Å². The summed E-state index contributed by atoms with van der Waals surface area (Å²) in [5.41, 5.74) is 0.469. The normalized spacial score (nSPS) is 16.9. The molecule has 6 heteroatoms. The highest BCUT2D eigenvalue weighted by Crippen LogP contribution is 2.30. The van der Waals surface area contributed by atoms with Crippen LogP contribution in [0.5, 0.6) is 0 Å². The summed E-state index contributed by atoms with van der Waals surface area (Å²) in [5, 5.41) is -0.0651. The van der Waals surface area contributed by atoms with Gasteiger partial charge in [-0.25, -0.2) is 18.4 Å². The van der Waals surface area contributed by atoms with Crippen molar-refractivity contribution in [1.82, 2.24) is 9.97 Å². The van der Waals surface area contributed by atoms with Crippen LogP contribution in [-0.2, 0) is 15.6 Å². The van der Waals surface area contributed by atoms with Gasteiger partial charge in [-0.05, 0) is 30.5 Å². The molecule has 1 fully saturated rings. The lowest BCUT2D eigenvalue weighted by Crippen LogP contribution is -2.10. The van der Waals surface area contributed by atoms with Crippen molar-refractivity contribution >= 4 is 21.4 Å².